The molecule has 6 heteroatoms. The zero-order valence-electron chi connectivity index (χ0n) is 16.9. The van der Waals surface area contributed by atoms with Gasteiger partial charge in [0.2, 0.25) is 0 Å². The fourth-order valence-corrected chi connectivity index (χ4v) is 3.81. The number of fused-ring (bicyclic) bond motifs is 1. The molecule has 0 amide bonds. The summed E-state index contributed by atoms with van der Waals surface area (Å²) in [4.78, 5) is 17.3. The summed E-state index contributed by atoms with van der Waals surface area (Å²) < 4.78 is 5.61. The number of nitrogens with zero attached hydrogens (tertiary/aromatic N) is 3. The lowest BCUT2D eigenvalue weighted by atomic mass is 9.88. The molecule has 0 radical (unpaired) electrons. The van der Waals surface area contributed by atoms with Crippen molar-refractivity contribution in [2.24, 2.45) is 4.99 Å². The number of methoxy groups -OCH3 is 1. The van der Waals surface area contributed by atoms with Crippen molar-refractivity contribution in [2.45, 2.75) is 33.2 Å². The molecule has 0 saturated carbocycles. The molecule has 3 rings (SSSR count). The molecule has 0 bridgehead atoms. The van der Waals surface area contributed by atoms with E-state index in [-0.39, 0.29) is 11.2 Å². The van der Waals surface area contributed by atoms with Crippen molar-refractivity contribution in [1.29, 1.82) is 0 Å². The number of hydrogen-bond donors (Lipinski definition) is 0. The van der Waals surface area contributed by atoms with E-state index in [1.807, 2.05) is 6.07 Å². The van der Waals surface area contributed by atoms with E-state index in [0.29, 0.717) is 5.69 Å². The fraction of sp³-hybridized carbons (Fsp3) is 0.318. The van der Waals surface area contributed by atoms with Crippen LogP contribution in [0.4, 0.5) is 17.1 Å². The van der Waals surface area contributed by atoms with Gasteiger partial charge in [0.05, 0.1) is 23.3 Å². The van der Waals surface area contributed by atoms with E-state index < -0.39 is 4.92 Å². The average molecular weight is 379 g/mol. The number of rotatable bonds is 5. The van der Waals surface area contributed by atoms with E-state index in [9.17, 15) is 10.1 Å². The van der Waals surface area contributed by atoms with Crippen LogP contribution in [0.3, 0.4) is 0 Å². The van der Waals surface area contributed by atoms with Gasteiger partial charge in [-0.05, 0) is 45.4 Å². The maximum absolute atomic E-state index is 11.0. The molecule has 0 saturated heterocycles. The number of non-ortho nitro benzene ring substituents is 1. The predicted molar refractivity (Wildman–Crippen MR) is 114 cm³/mol. The van der Waals surface area contributed by atoms with Gasteiger partial charge >= 0.3 is 0 Å². The van der Waals surface area contributed by atoms with Gasteiger partial charge in [0.15, 0.2) is 0 Å². The monoisotopic (exact) mass is 379 g/mol. The summed E-state index contributed by atoms with van der Waals surface area (Å²) >= 11 is 0. The fourth-order valence-electron chi connectivity index (χ4n) is 3.81. The molecule has 1 aliphatic heterocycles. The van der Waals surface area contributed by atoms with Gasteiger partial charge < -0.3 is 9.64 Å². The molecule has 28 heavy (non-hydrogen) atoms. The normalized spacial score (nSPS) is 15.3. The summed E-state index contributed by atoms with van der Waals surface area (Å²) in [5.74, 6) is 0.719. The second-order valence-electron chi connectivity index (χ2n) is 7.37. The molecule has 1 aliphatic rings. The third kappa shape index (κ3) is 3.63. The summed E-state index contributed by atoms with van der Waals surface area (Å²) in [5, 5.41) is 11.0. The Kier molecular flexibility index (Phi) is 5.23. The van der Waals surface area contributed by atoms with Crippen molar-refractivity contribution >= 4 is 28.8 Å². The Morgan fingerprint density at radius 2 is 2.04 bits per heavy atom. The van der Waals surface area contributed by atoms with Crippen LogP contribution in [0.1, 0.15) is 38.8 Å². The quantitative estimate of drug-likeness (QED) is 0.397. The third-order valence-electron chi connectivity index (χ3n) is 5.04. The number of hydrogen-bond acceptors (Lipinski definition) is 5. The van der Waals surface area contributed by atoms with Crippen LogP contribution in [0.15, 0.2) is 47.5 Å². The molecule has 2 aromatic rings. The average Bonchev–Trinajstić information content (AvgIpc) is 2.65. The van der Waals surface area contributed by atoms with Crippen LogP contribution in [0.5, 0.6) is 5.75 Å². The van der Waals surface area contributed by atoms with E-state index in [4.69, 9.17) is 4.74 Å². The van der Waals surface area contributed by atoms with Crippen molar-refractivity contribution < 1.29 is 9.66 Å². The summed E-state index contributed by atoms with van der Waals surface area (Å²) in [7, 11) is 1.64. The van der Waals surface area contributed by atoms with Gasteiger partial charge in [-0.1, -0.05) is 12.1 Å². The highest BCUT2D eigenvalue weighted by Crippen LogP contribution is 2.41. The Morgan fingerprint density at radius 1 is 1.29 bits per heavy atom. The molecule has 0 aliphatic carbocycles. The zero-order valence-corrected chi connectivity index (χ0v) is 16.9. The van der Waals surface area contributed by atoms with Gasteiger partial charge in [-0.15, -0.1) is 0 Å². The molecule has 0 atom stereocenters. The molecule has 0 unspecified atom stereocenters. The molecular formula is C22H25N3O3. The Labute approximate surface area is 165 Å². The minimum absolute atomic E-state index is 0.0200. The van der Waals surface area contributed by atoms with Crippen molar-refractivity contribution in [3.63, 3.8) is 0 Å². The van der Waals surface area contributed by atoms with Crippen molar-refractivity contribution in [3.8, 4) is 5.75 Å². The first-order valence-electron chi connectivity index (χ1n) is 9.25. The highest BCUT2D eigenvalue weighted by molar-refractivity contribution is 5.92. The second kappa shape index (κ2) is 7.46. The van der Waals surface area contributed by atoms with E-state index in [1.54, 1.807) is 25.5 Å². The lowest BCUT2D eigenvalue weighted by Crippen LogP contribution is -2.44. The molecule has 0 spiro atoms. The number of ether oxygens (including phenoxy) is 1. The number of anilines is 1. The van der Waals surface area contributed by atoms with Gasteiger partial charge in [-0.3, -0.25) is 15.1 Å². The molecule has 0 N–H and O–H groups in total. The van der Waals surface area contributed by atoms with Crippen LogP contribution in [0.25, 0.3) is 5.57 Å². The first kappa shape index (κ1) is 19.6. The van der Waals surface area contributed by atoms with Crippen LogP contribution < -0.4 is 9.64 Å². The molecule has 0 aromatic heterocycles. The van der Waals surface area contributed by atoms with Gasteiger partial charge in [-0.25, -0.2) is 0 Å². The first-order valence-corrected chi connectivity index (χ1v) is 9.25. The second-order valence-corrected chi connectivity index (χ2v) is 7.37. The van der Waals surface area contributed by atoms with E-state index in [0.717, 1.165) is 29.1 Å². The Hall–Kier alpha value is -3.15. The molecular weight excluding hydrogens is 354 g/mol. The highest BCUT2D eigenvalue weighted by atomic mass is 16.6. The van der Waals surface area contributed by atoms with Crippen molar-refractivity contribution in [3.05, 3.63) is 63.7 Å². The van der Waals surface area contributed by atoms with Gasteiger partial charge in [0.1, 0.15) is 5.75 Å². The van der Waals surface area contributed by atoms with E-state index >= 15 is 0 Å². The van der Waals surface area contributed by atoms with Crippen LogP contribution in [0.2, 0.25) is 0 Å². The summed E-state index contributed by atoms with van der Waals surface area (Å²) in [6.07, 6.45) is 3.97. The van der Waals surface area contributed by atoms with Crippen molar-refractivity contribution in [2.75, 3.05) is 18.6 Å². The number of aliphatic imine (C=N–C) groups is 1. The van der Waals surface area contributed by atoms with Crippen LogP contribution in [0, 0.1) is 10.1 Å². The number of nitro benzene ring substituents is 1. The maximum atomic E-state index is 11.0. The minimum atomic E-state index is -0.423. The summed E-state index contributed by atoms with van der Waals surface area (Å²) in [5.41, 5.74) is 4.78. The topological polar surface area (TPSA) is 68.0 Å². The zero-order chi connectivity index (χ0) is 20.5. The number of nitro groups is 1. The third-order valence-corrected chi connectivity index (χ3v) is 5.04. The number of benzene rings is 2. The lowest BCUT2D eigenvalue weighted by molar-refractivity contribution is -0.384. The first-order chi connectivity index (χ1) is 13.3. The molecule has 2 aromatic carbocycles. The van der Waals surface area contributed by atoms with Gasteiger partial charge in [0, 0.05) is 47.8 Å². The van der Waals surface area contributed by atoms with Gasteiger partial charge in [-0.2, -0.15) is 0 Å². The van der Waals surface area contributed by atoms with Gasteiger partial charge in [0.25, 0.3) is 5.69 Å². The SMILES string of the molecule is CCN1c2cc(OC)c(C=Nc3cccc([N+](=O)[O-])c3)cc2C(C)=CC1(C)C. The molecule has 6 nitrogen and oxygen atoms in total. The Morgan fingerprint density at radius 3 is 2.68 bits per heavy atom. The standard InChI is InChI=1S/C22H25N3O3/c1-6-24-20-12-21(28-5)16(10-19(20)15(2)13-22(24,3)4)14-23-17-8-7-9-18(11-17)25(26)27/h7-14H,6H2,1-5H3. The van der Waals surface area contributed by atoms with E-state index in [1.165, 1.54) is 17.7 Å². The summed E-state index contributed by atoms with van der Waals surface area (Å²) in [6.45, 7) is 9.54. The largest absolute Gasteiger partial charge is 0.496 e. The lowest BCUT2D eigenvalue weighted by Gasteiger charge is -2.43. The van der Waals surface area contributed by atoms with Crippen molar-refractivity contribution in [1.82, 2.24) is 0 Å². The molecule has 1 heterocycles. The predicted octanol–water partition coefficient (Wildman–Crippen LogP) is 5.38. The molecule has 0 fully saturated rings. The minimum Gasteiger partial charge on any atom is -0.496 e. The number of likely N-dealkylation sites (N-methyl/N-ethyl adjacent to an activating group) is 1. The van der Waals surface area contributed by atoms with Crippen LogP contribution in [-0.4, -0.2) is 30.3 Å². The Bertz CT molecular complexity index is 977. The smallest absolute Gasteiger partial charge is 0.271 e. The maximum Gasteiger partial charge on any atom is 0.271 e. The number of allylic oxidation sites excluding steroid dienone is 1. The summed E-state index contributed by atoms with van der Waals surface area (Å²) in [6, 6.07) is 10.4. The van der Waals surface area contributed by atoms with Crippen LogP contribution in [-0.2, 0) is 0 Å². The van der Waals surface area contributed by atoms with Crippen LogP contribution >= 0.6 is 0 Å². The van der Waals surface area contributed by atoms with E-state index in [2.05, 4.69) is 49.7 Å². The molecule has 146 valence electrons. The Balaban J connectivity index is 2.05. The highest BCUT2D eigenvalue weighted by Gasteiger charge is 2.31.